The maximum absolute atomic E-state index is 11.8. The molecular formula is C19H14ClN7O2. The molecule has 0 atom stereocenters. The summed E-state index contributed by atoms with van der Waals surface area (Å²) in [5.74, 6) is 0.411. The number of hydrogen-bond donors (Lipinski definition) is 2. The third-order valence-corrected chi connectivity index (χ3v) is 4.31. The van der Waals surface area contributed by atoms with Crippen molar-refractivity contribution in [3.8, 4) is 0 Å². The highest BCUT2D eigenvalue weighted by atomic mass is 35.5. The normalized spacial score (nSPS) is 10.7. The number of fused-ring (bicyclic) bond motifs is 1. The number of pyridine rings is 2. The van der Waals surface area contributed by atoms with Gasteiger partial charge < -0.3 is 10.6 Å². The molecule has 10 heteroatoms. The van der Waals surface area contributed by atoms with Gasteiger partial charge in [0.1, 0.15) is 12.1 Å². The fourth-order valence-electron chi connectivity index (χ4n) is 2.78. The number of nitro groups is 1. The first-order valence-corrected chi connectivity index (χ1v) is 8.90. The first-order valence-electron chi connectivity index (χ1n) is 8.52. The van der Waals surface area contributed by atoms with Crippen molar-refractivity contribution in [1.29, 1.82) is 0 Å². The molecule has 0 spiro atoms. The van der Waals surface area contributed by atoms with Crippen LogP contribution in [0, 0.1) is 17.0 Å². The molecule has 29 heavy (non-hydrogen) atoms. The number of nitrogens with one attached hydrogen (secondary N) is 2. The van der Waals surface area contributed by atoms with E-state index in [2.05, 4.69) is 30.6 Å². The SMILES string of the molecule is Cc1ccc2cccc(Nc3ncnc(Nc4ccc(Cl)cn4)c3[N+](=O)[O-])c2n1. The van der Waals surface area contributed by atoms with Gasteiger partial charge >= 0.3 is 5.69 Å². The Kier molecular flexibility index (Phi) is 4.88. The van der Waals surface area contributed by atoms with Crippen LogP contribution in [0.2, 0.25) is 5.02 Å². The lowest BCUT2D eigenvalue weighted by molar-refractivity contribution is -0.383. The van der Waals surface area contributed by atoms with E-state index in [-0.39, 0.29) is 17.3 Å². The van der Waals surface area contributed by atoms with Gasteiger partial charge in [0.2, 0.25) is 11.6 Å². The average molecular weight is 408 g/mol. The first-order chi connectivity index (χ1) is 14.0. The van der Waals surface area contributed by atoms with Crippen LogP contribution in [0.1, 0.15) is 5.69 Å². The van der Waals surface area contributed by atoms with E-state index in [4.69, 9.17) is 11.6 Å². The number of nitrogens with zero attached hydrogens (tertiary/aromatic N) is 5. The van der Waals surface area contributed by atoms with E-state index in [1.165, 1.54) is 12.5 Å². The van der Waals surface area contributed by atoms with Crippen LogP contribution in [-0.2, 0) is 0 Å². The standard InChI is InChI=1S/C19H14ClN7O2/c1-11-5-6-12-3-2-4-14(16(12)24-11)25-18-17(27(28)29)19(23-10-22-18)26-15-8-7-13(20)9-21-15/h2-10H,1H3,(H2,21,22,23,25,26). The van der Waals surface area contributed by atoms with E-state index in [1.54, 1.807) is 18.2 Å². The zero-order valence-electron chi connectivity index (χ0n) is 15.1. The van der Waals surface area contributed by atoms with E-state index < -0.39 is 4.92 Å². The van der Waals surface area contributed by atoms with Crippen molar-refractivity contribution in [2.75, 3.05) is 10.6 Å². The van der Waals surface area contributed by atoms with Crippen LogP contribution in [0.4, 0.5) is 28.8 Å². The lowest BCUT2D eigenvalue weighted by Crippen LogP contribution is -2.06. The van der Waals surface area contributed by atoms with Gasteiger partial charge in [0, 0.05) is 17.3 Å². The Morgan fingerprint density at radius 3 is 2.52 bits per heavy atom. The Labute approximate surface area is 170 Å². The molecule has 144 valence electrons. The predicted molar refractivity (Wildman–Crippen MR) is 111 cm³/mol. The Hall–Kier alpha value is -3.85. The van der Waals surface area contributed by atoms with Gasteiger partial charge in [0.15, 0.2) is 0 Å². The second kappa shape index (κ2) is 7.64. The molecule has 9 nitrogen and oxygen atoms in total. The van der Waals surface area contributed by atoms with Gasteiger partial charge in [-0.1, -0.05) is 29.8 Å². The van der Waals surface area contributed by atoms with Crippen molar-refractivity contribution in [3.63, 3.8) is 0 Å². The minimum Gasteiger partial charge on any atom is -0.332 e. The van der Waals surface area contributed by atoms with Gasteiger partial charge in [0.25, 0.3) is 0 Å². The highest BCUT2D eigenvalue weighted by molar-refractivity contribution is 6.30. The van der Waals surface area contributed by atoms with Crippen LogP contribution in [0.15, 0.2) is 55.0 Å². The number of hydrogen-bond acceptors (Lipinski definition) is 8. The second-order valence-electron chi connectivity index (χ2n) is 6.12. The van der Waals surface area contributed by atoms with E-state index in [1.807, 2.05) is 31.2 Å². The van der Waals surface area contributed by atoms with E-state index in [9.17, 15) is 10.1 Å². The number of aromatic nitrogens is 4. The van der Waals surface area contributed by atoms with Crippen molar-refractivity contribution in [3.05, 3.63) is 75.8 Å². The van der Waals surface area contributed by atoms with Gasteiger partial charge in [-0.25, -0.2) is 15.0 Å². The third kappa shape index (κ3) is 3.90. The highest BCUT2D eigenvalue weighted by Crippen LogP contribution is 2.34. The minimum absolute atomic E-state index is 0.00620. The van der Waals surface area contributed by atoms with Crippen molar-refractivity contribution in [2.45, 2.75) is 6.92 Å². The molecule has 0 amide bonds. The van der Waals surface area contributed by atoms with E-state index in [0.29, 0.717) is 22.0 Å². The first kappa shape index (κ1) is 18.5. The Morgan fingerprint density at radius 2 is 1.79 bits per heavy atom. The summed E-state index contributed by atoms with van der Waals surface area (Å²) in [6.07, 6.45) is 2.66. The van der Waals surface area contributed by atoms with E-state index >= 15 is 0 Å². The van der Waals surface area contributed by atoms with Gasteiger partial charge in [-0.15, -0.1) is 0 Å². The summed E-state index contributed by atoms with van der Waals surface area (Å²) in [5.41, 5.74) is 1.81. The summed E-state index contributed by atoms with van der Waals surface area (Å²) < 4.78 is 0. The van der Waals surface area contributed by atoms with Crippen LogP contribution < -0.4 is 10.6 Å². The van der Waals surface area contributed by atoms with Crippen molar-refractivity contribution in [2.24, 2.45) is 0 Å². The average Bonchev–Trinajstić information content (AvgIpc) is 2.70. The van der Waals surface area contributed by atoms with Crippen LogP contribution >= 0.6 is 11.6 Å². The number of anilines is 4. The molecule has 0 aliphatic rings. The number of rotatable bonds is 5. The Balaban J connectivity index is 1.76. The fraction of sp³-hybridized carbons (Fsp3) is 0.0526. The van der Waals surface area contributed by atoms with Gasteiger partial charge in [-0.05, 0) is 31.2 Å². The molecule has 0 radical (unpaired) electrons. The van der Waals surface area contributed by atoms with Gasteiger partial charge in [0.05, 0.1) is 21.2 Å². The second-order valence-corrected chi connectivity index (χ2v) is 6.55. The zero-order chi connectivity index (χ0) is 20.4. The molecule has 0 saturated heterocycles. The summed E-state index contributed by atoms with van der Waals surface area (Å²) in [6.45, 7) is 1.88. The van der Waals surface area contributed by atoms with Crippen LogP contribution in [0.3, 0.4) is 0 Å². The summed E-state index contributed by atoms with van der Waals surface area (Å²) in [7, 11) is 0. The summed E-state index contributed by atoms with van der Waals surface area (Å²) >= 11 is 5.83. The third-order valence-electron chi connectivity index (χ3n) is 4.09. The molecule has 0 aliphatic carbocycles. The Bertz CT molecular complexity index is 1220. The van der Waals surface area contributed by atoms with Crippen LogP contribution in [-0.4, -0.2) is 24.9 Å². The monoisotopic (exact) mass is 407 g/mol. The smallest absolute Gasteiger partial charge is 0.332 e. The molecule has 0 unspecified atom stereocenters. The number of benzene rings is 1. The van der Waals surface area contributed by atoms with Crippen molar-refractivity contribution >= 4 is 51.3 Å². The molecule has 3 heterocycles. The summed E-state index contributed by atoms with van der Waals surface area (Å²) in [4.78, 5) is 27.9. The van der Waals surface area contributed by atoms with Crippen molar-refractivity contribution in [1.82, 2.24) is 19.9 Å². The predicted octanol–water partition coefficient (Wildman–Crippen LogP) is 4.78. The molecule has 3 aromatic heterocycles. The molecule has 0 fully saturated rings. The maximum atomic E-state index is 11.8. The van der Waals surface area contributed by atoms with E-state index in [0.717, 1.165) is 11.1 Å². The zero-order valence-corrected chi connectivity index (χ0v) is 15.9. The molecule has 2 N–H and O–H groups in total. The van der Waals surface area contributed by atoms with Crippen LogP contribution in [0.5, 0.6) is 0 Å². The highest BCUT2D eigenvalue weighted by Gasteiger charge is 2.24. The summed E-state index contributed by atoms with van der Waals surface area (Å²) in [6, 6.07) is 12.6. The van der Waals surface area contributed by atoms with Gasteiger partial charge in [-0.2, -0.15) is 0 Å². The molecule has 0 aliphatic heterocycles. The Morgan fingerprint density at radius 1 is 1.00 bits per heavy atom. The minimum atomic E-state index is -0.551. The van der Waals surface area contributed by atoms with Crippen molar-refractivity contribution < 1.29 is 4.92 Å². The summed E-state index contributed by atoms with van der Waals surface area (Å²) in [5, 5.41) is 19.0. The molecule has 1 aromatic carbocycles. The van der Waals surface area contributed by atoms with Crippen LogP contribution in [0.25, 0.3) is 10.9 Å². The molecule has 0 bridgehead atoms. The fourth-order valence-corrected chi connectivity index (χ4v) is 2.89. The quantitative estimate of drug-likeness (QED) is 0.358. The molecule has 4 aromatic rings. The van der Waals surface area contributed by atoms with Gasteiger partial charge in [-0.3, -0.25) is 15.1 Å². The molecular weight excluding hydrogens is 394 g/mol. The number of aryl methyl sites for hydroxylation is 1. The number of halogens is 1. The lowest BCUT2D eigenvalue weighted by atomic mass is 10.1. The molecule has 0 saturated carbocycles. The number of para-hydroxylation sites is 1. The lowest BCUT2D eigenvalue weighted by Gasteiger charge is -2.11. The molecule has 4 rings (SSSR count). The topological polar surface area (TPSA) is 119 Å². The largest absolute Gasteiger partial charge is 0.353 e. The maximum Gasteiger partial charge on any atom is 0.353 e.